The monoisotopic (exact) mass is 313 g/mol. The topological polar surface area (TPSA) is 63.2 Å². The van der Waals surface area contributed by atoms with Crippen molar-refractivity contribution in [3.8, 4) is 5.75 Å². The highest BCUT2D eigenvalue weighted by molar-refractivity contribution is 6.03. The van der Waals surface area contributed by atoms with Crippen LogP contribution >= 0.6 is 0 Å². The van der Waals surface area contributed by atoms with Gasteiger partial charge in [0.05, 0.1) is 7.11 Å². The van der Waals surface area contributed by atoms with Crippen LogP contribution in [-0.2, 0) is 0 Å². The summed E-state index contributed by atoms with van der Waals surface area (Å²) in [5.74, 6) is 1.09. The van der Waals surface area contributed by atoms with E-state index in [1.807, 2.05) is 24.3 Å². The Kier molecular flexibility index (Phi) is 5.97. The maximum absolute atomic E-state index is 12.3. The van der Waals surface area contributed by atoms with Crippen molar-refractivity contribution >= 4 is 17.3 Å². The largest absolute Gasteiger partial charge is 0.497 e. The molecular weight excluding hydrogens is 290 g/mol. The Balaban J connectivity index is 2.01. The van der Waals surface area contributed by atoms with Crippen molar-refractivity contribution < 1.29 is 9.53 Å². The van der Waals surface area contributed by atoms with Gasteiger partial charge in [-0.25, -0.2) is 0 Å². The van der Waals surface area contributed by atoms with Gasteiger partial charge in [-0.2, -0.15) is 0 Å². The quantitative estimate of drug-likeness (QED) is 0.816. The first-order valence-corrected chi connectivity index (χ1v) is 7.74. The van der Waals surface area contributed by atoms with E-state index in [9.17, 15) is 4.79 Å². The summed E-state index contributed by atoms with van der Waals surface area (Å²) < 4.78 is 5.15. The second kappa shape index (κ2) is 8.17. The van der Waals surface area contributed by atoms with E-state index in [1.165, 1.54) is 0 Å². The van der Waals surface area contributed by atoms with Crippen LogP contribution in [-0.4, -0.2) is 24.5 Å². The average molecular weight is 313 g/mol. The van der Waals surface area contributed by atoms with Gasteiger partial charge in [0.25, 0.3) is 5.91 Å². The smallest absolute Gasteiger partial charge is 0.274 e. The van der Waals surface area contributed by atoms with Gasteiger partial charge in [0, 0.05) is 30.2 Å². The molecule has 0 saturated heterocycles. The molecule has 0 saturated carbocycles. The van der Waals surface area contributed by atoms with Crippen molar-refractivity contribution in [1.29, 1.82) is 0 Å². The van der Waals surface area contributed by atoms with Crippen LogP contribution in [0.2, 0.25) is 0 Å². The Hall–Kier alpha value is -2.56. The van der Waals surface area contributed by atoms with Gasteiger partial charge < -0.3 is 15.4 Å². The summed E-state index contributed by atoms with van der Waals surface area (Å²) in [4.78, 5) is 16.4. The molecule has 0 aliphatic rings. The standard InChI is InChI=1S/C18H23N3O2/c1-13(2)7-9-19-14-8-10-20-17(12-14)18(22)21-15-5-4-6-16(11-15)23-3/h4-6,8,10-13H,7,9H2,1-3H3,(H,19,20)(H,21,22). The molecule has 0 bridgehead atoms. The Morgan fingerprint density at radius 1 is 1.22 bits per heavy atom. The number of pyridine rings is 1. The number of benzene rings is 1. The van der Waals surface area contributed by atoms with E-state index in [1.54, 1.807) is 25.4 Å². The number of carbonyl (C=O) groups is 1. The lowest BCUT2D eigenvalue weighted by atomic mass is 10.1. The van der Waals surface area contributed by atoms with Crippen molar-refractivity contribution in [1.82, 2.24) is 4.98 Å². The van der Waals surface area contributed by atoms with E-state index in [0.717, 1.165) is 18.7 Å². The van der Waals surface area contributed by atoms with Gasteiger partial charge in [0.2, 0.25) is 0 Å². The van der Waals surface area contributed by atoms with Gasteiger partial charge in [0.15, 0.2) is 0 Å². The molecule has 2 aromatic rings. The van der Waals surface area contributed by atoms with Crippen LogP contribution < -0.4 is 15.4 Å². The van der Waals surface area contributed by atoms with Crippen molar-refractivity contribution in [3.63, 3.8) is 0 Å². The third kappa shape index (κ3) is 5.29. The lowest BCUT2D eigenvalue weighted by Gasteiger charge is -2.10. The molecule has 0 aliphatic heterocycles. The van der Waals surface area contributed by atoms with Crippen molar-refractivity contribution in [2.24, 2.45) is 5.92 Å². The molecule has 0 unspecified atom stereocenters. The summed E-state index contributed by atoms with van der Waals surface area (Å²) in [6.45, 7) is 5.24. The SMILES string of the molecule is COc1cccc(NC(=O)c2cc(NCCC(C)C)ccn2)c1. The fourth-order valence-electron chi connectivity index (χ4n) is 2.07. The molecule has 1 amide bonds. The highest BCUT2D eigenvalue weighted by atomic mass is 16.5. The lowest BCUT2D eigenvalue weighted by Crippen LogP contribution is -2.14. The summed E-state index contributed by atoms with van der Waals surface area (Å²) in [5, 5.41) is 6.14. The minimum absolute atomic E-state index is 0.245. The Morgan fingerprint density at radius 3 is 2.78 bits per heavy atom. The predicted octanol–water partition coefficient (Wildman–Crippen LogP) is 3.80. The van der Waals surface area contributed by atoms with Crippen LogP contribution in [0.1, 0.15) is 30.8 Å². The van der Waals surface area contributed by atoms with Crippen LogP contribution in [0.4, 0.5) is 11.4 Å². The molecule has 1 aromatic heterocycles. The number of methoxy groups -OCH3 is 1. The van der Waals surface area contributed by atoms with E-state index in [-0.39, 0.29) is 5.91 Å². The minimum Gasteiger partial charge on any atom is -0.497 e. The summed E-state index contributed by atoms with van der Waals surface area (Å²) >= 11 is 0. The predicted molar refractivity (Wildman–Crippen MR) is 93.1 cm³/mol. The van der Waals surface area contributed by atoms with Crippen molar-refractivity contribution in [2.45, 2.75) is 20.3 Å². The zero-order chi connectivity index (χ0) is 16.7. The molecule has 23 heavy (non-hydrogen) atoms. The molecule has 5 nitrogen and oxygen atoms in total. The lowest BCUT2D eigenvalue weighted by molar-refractivity contribution is 0.102. The third-order valence-electron chi connectivity index (χ3n) is 3.37. The fourth-order valence-corrected chi connectivity index (χ4v) is 2.07. The second-order valence-corrected chi connectivity index (χ2v) is 5.73. The number of carbonyl (C=O) groups excluding carboxylic acids is 1. The van der Waals surface area contributed by atoms with Crippen LogP contribution in [0.3, 0.4) is 0 Å². The number of ether oxygens (including phenoxy) is 1. The molecule has 122 valence electrons. The Labute approximate surface area is 137 Å². The summed E-state index contributed by atoms with van der Waals surface area (Å²) in [5.41, 5.74) is 1.95. The molecule has 2 rings (SSSR count). The molecule has 1 heterocycles. The fraction of sp³-hybridized carbons (Fsp3) is 0.333. The first-order chi connectivity index (χ1) is 11.1. The average Bonchev–Trinajstić information content (AvgIpc) is 2.55. The molecule has 0 aliphatic carbocycles. The second-order valence-electron chi connectivity index (χ2n) is 5.73. The maximum atomic E-state index is 12.3. The normalized spacial score (nSPS) is 10.4. The highest BCUT2D eigenvalue weighted by Gasteiger charge is 2.09. The van der Waals surface area contributed by atoms with Crippen molar-refractivity contribution in [3.05, 3.63) is 48.3 Å². The van der Waals surface area contributed by atoms with Gasteiger partial charge in [-0.15, -0.1) is 0 Å². The molecule has 0 atom stereocenters. The first-order valence-electron chi connectivity index (χ1n) is 7.74. The number of nitrogens with one attached hydrogen (secondary N) is 2. The van der Waals surface area contributed by atoms with Crippen LogP contribution in [0.15, 0.2) is 42.6 Å². The van der Waals surface area contributed by atoms with Crippen LogP contribution in [0, 0.1) is 5.92 Å². The number of anilines is 2. The molecule has 2 N–H and O–H groups in total. The summed E-state index contributed by atoms with van der Waals surface area (Å²) in [7, 11) is 1.59. The number of nitrogens with zero attached hydrogens (tertiary/aromatic N) is 1. The van der Waals surface area contributed by atoms with Gasteiger partial charge in [-0.05, 0) is 36.6 Å². The van der Waals surface area contributed by atoms with E-state index < -0.39 is 0 Å². The van der Waals surface area contributed by atoms with Crippen LogP contribution in [0.5, 0.6) is 5.75 Å². The van der Waals surface area contributed by atoms with Gasteiger partial charge in [-0.3, -0.25) is 9.78 Å². The number of aromatic nitrogens is 1. The summed E-state index contributed by atoms with van der Waals surface area (Å²) in [6.07, 6.45) is 2.71. The van der Waals surface area contributed by atoms with E-state index in [2.05, 4.69) is 29.5 Å². The molecule has 0 radical (unpaired) electrons. The third-order valence-corrected chi connectivity index (χ3v) is 3.37. The van der Waals surface area contributed by atoms with Gasteiger partial charge in [-0.1, -0.05) is 19.9 Å². The molecular formula is C18H23N3O2. The highest BCUT2D eigenvalue weighted by Crippen LogP contribution is 2.18. The van der Waals surface area contributed by atoms with E-state index in [4.69, 9.17) is 4.74 Å². The van der Waals surface area contributed by atoms with Crippen molar-refractivity contribution in [2.75, 3.05) is 24.3 Å². The van der Waals surface area contributed by atoms with Gasteiger partial charge in [0.1, 0.15) is 11.4 Å². The number of hydrogen-bond donors (Lipinski definition) is 2. The number of hydrogen-bond acceptors (Lipinski definition) is 4. The Morgan fingerprint density at radius 2 is 2.04 bits per heavy atom. The number of rotatable bonds is 7. The number of amides is 1. The molecule has 0 spiro atoms. The molecule has 0 fully saturated rings. The Bertz CT molecular complexity index is 656. The maximum Gasteiger partial charge on any atom is 0.274 e. The molecule has 5 heteroatoms. The summed E-state index contributed by atoms with van der Waals surface area (Å²) in [6, 6.07) is 10.9. The molecule has 1 aromatic carbocycles. The zero-order valence-corrected chi connectivity index (χ0v) is 13.8. The zero-order valence-electron chi connectivity index (χ0n) is 13.8. The van der Waals surface area contributed by atoms with E-state index >= 15 is 0 Å². The van der Waals surface area contributed by atoms with E-state index in [0.29, 0.717) is 23.0 Å². The van der Waals surface area contributed by atoms with Gasteiger partial charge >= 0.3 is 0 Å². The minimum atomic E-state index is -0.245. The first kappa shape index (κ1) is 16.8. The van der Waals surface area contributed by atoms with Crippen LogP contribution in [0.25, 0.3) is 0 Å².